The first-order valence-electron chi connectivity index (χ1n) is 3.90. The SMILES string of the molecule is CC(C)C1C(=O)C=CC1(C)O. The minimum absolute atomic E-state index is 0.0463. The second-order valence-electron chi connectivity index (χ2n) is 3.68. The van der Waals surface area contributed by atoms with E-state index < -0.39 is 5.60 Å². The largest absolute Gasteiger partial charge is 0.385 e. The van der Waals surface area contributed by atoms with Gasteiger partial charge in [0.15, 0.2) is 5.78 Å². The molecule has 0 fully saturated rings. The van der Waals surface area contributed by atoms with E-state index in [9.17, 15) is 9.90 Å². The van der Waals surface area contributed by atoms with Crippen LogP contribution >= 0.6 is 0 Å². The maximum atomic E-state index is 11.2. The molecule has 1 rings (SSSR count). The van der Waals surface area contributed by atoms with Crippen molar-refractivity contribution >= 4 is 5.78 Å². The van der Waals surface area contributed by atoms with Crippen LogP contribution < -0.4 is 0 Å². The van der Waals surface area contributed by atoms with Gasteiger partial charge in [0.2, 0.25) is 0 Å². The van der Waals surface area contributed by atoms with E-state index in [4.69, 9.17) is 0 Å². The Balaban J connectivity index is 2.87. The molecule has 2 nitrogen and oxygen atoms in total. The van der Waals surface area contributed by atoms with E-state index in [1.54, 1.807) is 13.0 Å². The lowest BCUT2D eigenvalue weighted by molar-refractivity contribution is -0.123. The van der Waals surface area contributed by atoms with Gasteiger partial charge >= 0.3 is 0 Å². The van der Waals surface area contributed by atoms with Gasteiger partial charge in [-0.3, -0.25) is 4.79 Å². The molecule has 0 saturated carbocycles. The van der Waals surface area contributed by atoms with Gasteiger partial charge < -0.3 is 5.11 Å². The Bertz CT molecular complexity index is 202. The molecule has 0 spiro atoms. The van der Waals surface area contributed by atoms with Crippen LogP contribution in [-0.2, 0) is 4.79 Å². The number of carbonyl (C=O) groups is 1. The lowest BCUT2D eigenvalue weighted by atomic mass is 9.83. The molecule has 1 aliphatic carbocycles. The van der Waals surface area contributed by atoms with E-state index in [2.05, 4.69) is 0 Å². The van der Waals surface area contributed by atoms with Gasteiger partial charge in [0.25, 0.3) is 0 Å². The van der Waals surface area contributed by atoms with Gasteiger partial charge in [0.05, 0.1) is 11.5 Å². The summed E-state index contributed by atoms with van der Waals surface area (Å²) in [5.74, 6) is 0. The predicted molar refractivity (Wildman–Crippen MR) is 43.1 cm³/mol. The average Bonchev–Trinajstić information content (AvgIpc) is 2.06. The van der Waals surface area contributed by atoms with Crippen LogP contribution in [-0.4, -0.2) is 16.5 Å². The molecule has 2 heteroatoms. The summed E-state index contributed by atoms with van der Waals surface area (Å²) in [6.45, 7) is 5.58. The van der Waals surface area contributed by atoms with Gasteiger partial charge in [-0.1, -0.05) is 13.8 Å². The summed E-state index contributed by atoms with van der Waals surface area (Å²) in [4.78, 5) is 11.2. The standard InChI is InChI=1S/C9H14O2/c1-6(2)8-7(10)4-5-9(8,3)11/h4-6,8,11H,1-3H3. The molecule has 0 saturated heterocycles. The molecule has 2 atom stereocenters. The van der Waals surface area contributed by atoms with Gasteiger partial charge in [0, 0.05) is 0 Å². The van der Waals surface area contributed by atoms with Crippen LogP contribution in [0.3, 0.4) is 0 Å². The summed E-state index contributed by atoms with van der Waals surface area (Å²) < 4.78 is 0. The number of rotatable bonds is 1. The van der Waals surface area contributed by atoms with Crippen molar-refractivity contribution in [2.75, 3.05) is 0 Å². The summed E-state index contributed by atoms with van der Waals surface area (Å²) >= 11 is 0. The van der Waals surface area contributed by atoms with Crippen molar-refractivity contribution in [2.45, 2.75) is 26.4 Å². The third-order valence-corrected chi connectivity index (χ3v) is 2.19. The van der Waals surface area contributed by atoms with Crippen LogP contribution in [0.2, 0.25) is 0 Å². The zero-order valence-electron chi connectivity index (χ0n) is 7.16. The van der Waals surface area contributed by atoms with Crippen LogP contribution in [0.25, 0.3) is 0 Å². The molecule has 0 aliphatic heterocycles. The minimum atomic E-state index is -0.925. The Morgan fingerprint density at radius 2 is 2.18 bits per heavy atom. The van der Waals surface area contributed by atoms with Crippen molar-refractivity contribution in [1.29, 1.82) is 0 Å². The molecular formula is C9H14O2. The summed E-state index contributed by atoms with van der Waals surface area (Å²) in [5, 5.41) is 9.69. The number of hydrogen-bond acceptors (Lipinski definition) is 2. The number of hydrogen-bond donors (Lipinski definition) is 1. The normalized spacial score (nSPS) is 37.2. The number of aliphatic hydroxyl groups is 1. The highest BCUT2D eigenvalue weighted by Gasteiger charge is 2.40. The zero-order chi connectivity index (χ0) is 8.65. The summed E-state index contributed by atoms with van der Waals surface area (Å²) in [7, 11) is 0. The summed E-state index contributed by atoms with van der Waals surface area (Å²) in [6, 6.07) is 0. The first-order chi connectivity index (χ1) is 4.95. The van der Waals surface area contributed by atoms with Crippen molar-refractivity contribution in [3.63, 3.8) is 0 Å². The van der Waals surface area contributed by atoms with E-state index in [0.717, 1.165) is 0 Å². The second kappa shape index (κ2) is 2.45. The molecule has 0 amide bonds. The lowest BCUT2D eigenvalue weighted by Gasteiger charge is -2.26. The topological polar surface area (TPSA) is 37.3 Å². The Morgan fingerprint density at radius 1 is 1.64 bits per heavy atom. The molecule has 0 aromatic heterocycles. The molecule has 11 heavy (non-hydrogen) atoms. The zero-order valence-corrected chi connectivity index (χ0v) is 7.16. The molecule has 0 radical (unpaired) electrons. The van der Waals surface area contributed by atoms with E-state index >= 15 is 0 Å². The highest BCUT2D eigenvalue weighted by atomic mass is 16.3. The fourth-order valence-corrected chi connectivity index (χ4v) is 1.75. The van der Waals surface area contributed by atoms with Crippen molar-refractivity contribution in [1.82, 2.24) is 0 Å². The third kappa shape index (κ3) is 1.36. The molecule has 0 heterocycles. The van der Waals surface area contributed by atoms with Gasteiger partial charge in [-0.05, 0) is 25.0 Å². The smallest absolute Gasteiger partial charge is 0.162 e. The van der Waals surface area contributed by atoms with Crippen LogP contribution in [0, 0.1) is 11.8 Å². The minimum Gasteiger partial charge on any atom is -0.385 e. The Morgan fingerprint density at radius 3 is 2.36 bits per heavy atom. The Kier molecular flexibility index (Phi) is 1.89. The van der Waals surface area contributed by atoms with Gasteiger partial charge in [-0.15, -0.1) is 0 Å². The molecule has 0 bridgehead atoms. The molecule has 1 N–H and O–H groups in total. The predicted octanol–water partition coefficient (Wildman–Crippen LogP) is 1.15. The van der Waals surface area contributed by atoms with E-state index in [1.165, 1.54) is 6.08 Å². The third-order valence-electron chi connectivity index (χ3n) is 2.19. The van der Waals surface area contributed by atoms with E-state index in [0.29, 0.717) is 0 Å². The van der Waals surface area contributed by atoms with E-state index in [1.807, 2.05) is 13.8 Å². The van der Waals surface area contributed by atoms with Gasteiger partial charge in [0.1, 0.15) is 0 Å². The number of ketones is 1. The second-order valence-corrected chi connectivity index (χ2v) is 3.68. The molecule has 1 aliphatic rings. The summed E-state index contributed by atoms with van der Waals surface area (Å²) in [6.07, 6.45) is 3.06. The molecule has 2 unspecified atom stereocenters. The maximum absolute atomic E-state index is 11.2. The van der Waals surface area contributed by atoms with Crippen LogP contribution in [0.5, 0.6) is 0 Å². The van der Waals surface area contributed by atoms with E-state index in [-0.39, 0.29) is 17.6 Å². The molecule has 0 aromatic rings. The Hall–Kier alpha value is -0.630. The van der Waals surface area contributed by atoms with Crippen LogP contribution in [0.1, 0.15) is 20.8 Å². The first-order valence-corrected chi connectivity index (χ1v) is 3.90. The van der Waals surface area contributed by atoms with Crippen molar-refractivity contribution < 1.29 is 9.90 Å². The van der Waals surface area contributed by atoms with Crippen molar-refractivity contribution in [2.24, 2.45) is 11.8 Å². The molecular weight excluding hydrogens is 140 g/mol. The van der Waals surface area contributed by atoms with Gasteiger partial charge in [-0.25, -0.2) is 0 Å². The Labute approximate surface area is 66.9 Å². The molecule has 0 aromatic carbocycles. The maximum Gasteiger partial charge on any atom is 0.162 e. The van der Waals surface area contributed by atoms with Crippen molar-refractivity contribution in [3.05, 3.63) is 12.2 Å². The fraction of sp³-hybridized carbons (Fsp3) is 0.667. The highest BCUT2D eigenvalue weighted by molar-refractivity contribution is 5.96. The molecule has 62 valence electrons. The van der Waals surface area contributed by atoms with Gasteiger partial charge in [-0.2, -0.15) is 0 Å². The summed E-state index contributed by atoms with van der Waals surface area (Å²) in [5.41, 5.74) is -0.925. The van der Waals surface area contributed by atoms with Crippen LogP contribution in [0.15, 0.2) is 12.2 Å². The number of carbonyl (C=O) groups excluding carboxylic acids is 1. The number of allylic oxidation sites excluding steroid dienone is 1. The van der Waals surface area contributed by atoms with Crippen LogP contribution in [0.4, 0.5) is 0 Å². The first kappa shape index (κ1) is 8.47. The average molecular weight is 154 g/mol. The fourth-order valence-electron chi connectivity index (χ4n) is 1.75. The highest BCUT2D eigenvalue weighted by Crippen LogP contribution is 2.32. The van der Waals surface area contributed by atoms with Crippen molar-refractivity contribution in [3.8, 4) is 0 Å². The lowest BCUT2D eigenvalue weighted by Crippen LogP contribution is -2.36. The quantitative estimate of drug-likeness (QED) is 0.615. The monoisotopic (exact) mass is 154 g/mol.